The smallest absolute Gasteiger partial charge is 0.0907 e. The molecule has 74 valence electrons. The van der Waals surface area contributed by atoms with Crippen molar-refractivity contribution >= 4 is 22.7 Å². The van der Waals surface area contributed by atoms with Crippen LogP contribution in [0.5, 0.6) is 0 Å². The van der Waals surface area contributed by atoms with Gasteiger partial charge in [-0.25, -0.2) is 0 Å². The van der Waals surface area contributed by atoms with E-state index in [0.717, 1.165) is 6.54 Å². The molecule has 0 aliphatic carbocycles. The molecular weight excluding hydrogens is 212 g/mol. The molecule has 2 nitrogen and oxygen atoms in total. The highest BCUT2D eigenvalue weighted by molar-refractivity contribution is 7.10. The van der Waals surface area contributed by atoms with Crippen molar-refractivity contribution in [3.05, 3.63) is 44.8 Å². The zero-order valence-corrected chi connectivity index (χ0v) is 9.28. The monoisotopic (exact) mass is 224 g/mol. The van der Waals surface area contributed by atoms with E-state index in [-0.39, 0.29) is 6.17 Å². The largest absolute Gasteiger partial charge is 0.311 e. The Morgan fingerprint density at radius 1 is 1.21 bits per heavy atom. The van der Waals surface area contributed by atoms with Gasteiger partial charge in [0, 0.05) is 16.3 Å². The van der Waals surface area contributed by atoms with Gasteiger partial charge in [0.25, 0.3) is 0 Å². The Labute approximate surface area is 91.4 Å². The second-order valence-corrected chi connectivity index (χ2v) is 4.96. The van der Waals surface area contributed by atoms with Crippen LogP contribution in [0.3, 0.4) is 0 Å². The predicted molar refractivity (Wildman–Crippen MR) is 62.4 cm³/mol. The van der Waals surface area contributed by atoms with Crippen LogP contribution in [0.25, 0.3) is 0 Å². The highest BCUT2D eigenvalue weighted by Crippen LogP contribution is 2.15. The predicted octanol–water partition coefficient (Wildman–Crippen LogP) is 2.56. The standard InChI is InChI=1S/C10H12N2S2/c11-10(9-4-2-6-14-9)12-7-8-3-1-5-13-8/h1-6,10,12H,7,11H2. The van der Waals surface area contributed by atoms with Gasteiger partial charge in [0.15, 0.2) is 0 Å². The van der Waals surface area contributed by atoms with Gasteiger partial charge in [0.2, 0.25) is 0 Å². The van der Waals surface area contributed by atoms with Crippen LogP contribution in [-0.2, 0) is 6.54 Å². The van der Waals surface area contributed by atoms with Crippen molar-refractivity contribution < 1.29 is 0 Å². The third-order valence-electron chi connectivity index (χ3n) is 1.93. The number of nitrogens with two attached hydrogens (primary N) is 1. The first-order valence-corrected chi connectivity index (χ1v) is 6.17. The molecule has 0 aliphatic rings. The van der Waals surface area contributed by atoms with Crippen LogP contribution in [-0.4, -0.2) is 0 Å². The van der Waals surface area contributed by atoms with E-state index >= 15 is 0 Å². The molecule has 2 aromatic heterocycles. The van der Waals surface area contributed by atoms with Crippen LogP contribution in [0.2, 0.25) is 0 Å². The second kappa shape index (κ2) is 4.70. The van der Waals surface area contributed by atoms with Gasteiger partial charge in [0.1, 0.15) is 0 Å². The molecule has 4 heteroatoms. The Balaban J connectivity index is 1.87. The van der Waals surface area contributed by atoms with Crippen LogP contribution >= 0.6 is 22.7 Å². The Morgan fingerprint density at radius 3 is 2.64 bits per heavy atom. The molecule has 0 spiro atoms. The zero-order chi connectivity index (χ0) is 9.80. The molecule has 2 rings (SSSR count). The number of rotatable bonds is 4. The Morgan fingerprint density at radius 2 is 2.00 bits per heavy atom. The molecule has 0 saturated heterocycles. The lowest BCUT2D eigenvalue weighted by molar-refractivity contribution is 0.564. The van der Waals surface area contributed by atoms with E-state index < -0.39 is 0 Å². The molecule has 1 atom stereocenters. The van der Waals surface area contributed by atoms with Crippen molar-refractivity contribution in [3.63, 3.8) is 0 Å². The van der Waals surface area contributed by atoms with E-state index in [0.29, 0.717) is 0 Å². The molecule has 1 unspecified atom stereocenters. The lowest BCUT2D eigenvalue weighted by atomic mass is 10.3. The van der Waals surface area contributed by atoms with E-state index in [1.165, 1.54) is 9.75 Å². The van der Waals surface area contributed by atoms with Crippen molar-refractivity contribution in [3.8, 4) is 0 Å². The SMILES string of the molecule is NC(NCc1cccs1)c1cccs1. The van der Waals surface area contributed by atoms with E-state index in [1.807, 2.05) is 11.4 Å². The Bertz CT molecular complexity index is 353. The summed E-state index contributed by atoms with van der Waals surface area (Å²) in [5.41, 5.74) is 5.96. The van der Waals surface area contributed by atoms with Crippen LogP contribution in [0.4, 0.5) is 0 Å². The van der Waals surface area contributed by atoms with Crippen molar-refractivity contribution in [2.24, 2.45) is 5.73 Å². The fraction of sp³-hybridized carbons (Fsp3) is 0.200. The summed E-state index contributed by atoms with van der Waals surface area (Å²) >= 11 is 3.43. The Kier molecular flexibility index (Phi) is 3.31. The van der Waals surface area contributed by atoms with Gasteiger partial charge in [-0.15, -0.1) is 22.7 Å². The molecule has 0 fully saturated rings. The van der Waals surface area contributed by atoms with Gasteiger partial charge in [-0.1, -0.05) is 12.1 Å². The summed E-state index contributed by atoms with van der Waals surface area (Å²) in [6.45, 7) is 0.844. The number of hydrogen-bond donors (Lipinski definition) is 2. The fourth-order valence-corrected chi connectivity index (χ4v) is 2.55. The molecule has 0 radical (unpaired) electrons. The number of thiophene rings is 2. The first-order valence-electron chi connectivity index (χ1n) is 4.41. The van der Waals surface area contributed by atoms with Crippen LogP contribution in [0.15, 0.2) is 35.0 Å². The summed E-state index contributed by atoms with van der Waals surface area (Å²) in [7, 11) is 0. The van der Waals surface area contributed by atoms with E-state index in [9.17, 15) is 0 Å². The normalized spacial score (nSPS) is 12.9. The third-order valence-corrected chi connectivity index (χ3v) is 3.76. The highest BCUT2D eigenvalue weighted by Gasteiger charge is 2.05. The van der Waals surface area contributed by atoms with Crippen molar-refractivity contribution in [2.45, 2.75) is 12.7 Å². The molecular formula is C10H12N2S2. The average molecular weight is 224 g/mol. The maximum absolute atomic E-state index is 5.96. The quantitative estimate of drug-likeness (QED) is 0.783. The first-order chi connectivity index (χ1) is 6.86. The minimum absolute atomic E-state index is 0.0444. The summed E-state index contributed by atoms with van der Waals surface area (Å²) in [5, 5.41) is 7.41. The maximum atomic E-state index is 5.96. The summed E-state index contributed by atoms with van der Waals surface area (Å²) in [6.07, 6.45) is -0.0444. The molecule has 14 heavy (non-hydrogen) atoms. The molecule has 2 aromatic rings. The summed E-state index contributed by atoms with van der Waals surface area (Å²) in [6, 6.07) is 8.24. The molecule has 0 amide bonds. The highest BCUT2D eigenvalue weighted by atomic mass is 32.1. The molecule has 0 bridgehead atoms. The van der Waals surface area contributed by atoms with Gasteiger partial charge in [-0.2, -0.15) is 0 Å². The maximum Gasteiger partial charge on any atom is 0.0907 e. The third kappa shape index (κ3) is 2.42. The van der Waals surface area contributed by atoms with Crippen LogP contribution in [0, 0.1) is 0 Å². The Hall–Kier alpha value is -0.680. The van der Waals surface area contributed by atoms with Gasteiger partial charge in [-0.3, -0.25) is 5.32 Å². The second-order valence-electron chi connectivity index (χ2n) is 2.95. The van der Waals surface area contributed by atoms with Crippen LogP contribution in [0.1, 0.15) is 15.9 Å². The lowest BCUT2D eigenvalue weighted by Gasteiger charge is -2.10. The molecule has 0 aliphatic heterocycles. The van der Waals surface area contributed by atoms with Crippen molar-refractivity contribution in [1.29, 1.82) is 0 Å². The molecule has 0 aromatic carbocycles. The van der Waals surface area contributed by atoms with E-state index in [4.69, 9.17) is 5.73 Å². The lowest BCUT2D eigenvalue weighted by Crippen LogP contribution is -2.26. The molecule has 3 N–H and O–H groups in total. The van der Waals surface area contributed by atoms with Crippen LogP contribution < -0.4 is 11.1 Å². The van der Waals surface area contributed by atoms with E-state index in [2.05, 4.69) is 28.9 Å². The first kappa shape index (κ1) is 9.86. The van der Waals surface area contributed by atoms with E-state index in [1.54, 1.807) is 22.7 Å². The fourth-order valence-electron chi connectivity index (χ4n) is 1.19. The van der Waals surface area contributed by atoms with Crippen molar-refractivity contribution in [1.82, 2.24) is 5.32 Å². The summed E-state index contributed by atoms with van der Waals surface area (Å²) in [5.74, 6) is 0. The minimum Gasteiger partial charge on any atom is -0.311 e. The summed E-state index contributed by atoms with van der Waals surface area (Å²) in [4.78, 5) is 2.50. The summed E-state index contributed by atoms with van der Waals surface area (Å²) < 4.78 is 0. The number of hydrogen-bond acceptors (Lipinski definition) is 4. The zero-order valence-electron chi connectivity index (χ0n) is 7.64. The van der Waals surface area contributed by atoms with Gasteiger partial charge < -0.3 is 5.73 Å². The van der Waals surface area contributed by atoms with Gasteiger partial charge in [-0.05, 0) is 22.9 Å². The average Bonchev–Trinajstić information content (AvgIpc) is 2.87. The van der Waals surface area contributed by atoms with Crippen molar-refractivity contribution in [2.75, 3.05) is 0 Å². The molecule has 2 heterocycles. The topological polar surface area (TPSA) is 38.0 Å². The number of nitrogens with one attached hydrogen (secondary N) is 1. The van der Waals surface area contributed by atoms with Gasteiger partial charge in [0.05, 0.1) is 6.17 Å². The minimum atomic E-state index is -0.0444. The molecule has 0 saturated carbocycles. The van der Waals surface area contributed by atoms with Gasteiger partial charge >= 0.3 is 0 Å².